The number of hydrogen-bond donors (Lipinski definition) is 2. The number of phenols is 2. The molecule has 0 radical (unpaired) electrons. The molecule has 0 atom stereocenters. The topological polar surface area (TPSA) is 53.4 Å². The van der Waals surface area contributed by atoms with Gasteiger partial charge in [0.25, 0.3) is 0 Å². The molecule has 0 aliphatic heterocycles. The molecule has 1 heterocycles. The van der Waals surface area contributed by atoms with Crippen LogP contribution < -0.4 is 0 Å². The number of aromatic nitrogens is 1. The summed E-state index contributed by atoms with van der Waals surface area (Å²) in [4.78, 5) is 5.92. The van der Waals surface area contributed by atoms with Crippen LogP contribution in [0.3, 0.4) is 0 Å². The highest BCUT2D eigenvalue weighted by atomic mass is 32.1. The summed E-state index contributed by atoms with van der Waals surface area (Å²) in [6, 6.07) is 4.84. The summed E-state index contributed by atoms with van der Waals surface area (Å²) in [5, 5.41) is 19.6. The van der Waals surface area contributed by atoms with Crippen LogP contribution in [0.4, 0.5) is 0 Å². The Hall–Kier alpha value is -1.55. The minimum Gasteiger partial charge on any atom is -0.504 e. The lowest BCUT2D eigenvalue weighted by Gasteiger charge is -2.00. The first-order valence-electron chi connectivity index (χ1n) is 5.25. The van der Waals surface area contributed by atoms with Gasteiger partial charge in [0, 0.05) is 10.4 Å². The van der Waals surface area contributed by atoms with Crippen LogP contribution in [0.15, 0.2) is 18.2 Å². The van der Waals surface area contributed by atoms with Gasteiger partial charge >= 0.3 is 0 Å². The Kier molecular flexibility index (Phi) is 2.11. The van der Waals surface area contributed by atoms with Crippen LogP contribution in [-0.4, -0.2) is 15.2 Å². The fourth-order valence-electron chi connectivity index (χ4n) is 1.97. The van der Waals surface area contributed by atoms with Crippen molar-refractivity contribution in [2.75, 3.05) is 0 Å². The monoisotopic (exact) mass is 233 g/mol. The van der Waals surface area contributed by atoms with Crippen molar-refractivity contribution < 1.29 is 10.2 Å². The standard InChI is InChI=1S/C12H11NO2S/c14-9-5-4-7(6-10(9)15)12-13-8-2-1-3-11(8)16-12/h4-6,14-15H,1-3H2. The van der Waals surface area contributed by atoms with Gasteiger partial charge in [-0.05, 0) is 37.5 Å². The highest BCUT2D eigenvalue weighted by molar-refractivity contribution is 7.15. The zero-order valence-electron chi connectivity index (χ0n) is 8.60. The first-order valence-corrected chi connectivity index (χ1v) is 6.06. The van der Waals surface area contributed by atoms with E-state index in [9.17, 15) is 10.2 Å². The average molecular weight is 233 g/mol. The molecule has 82 valence electrons. The summed E-state index contributed by atoms with van der Waals surface area (Å²) in [7, 11) is 0. The van der Waals surface area contributed by atoms with Crippen LogP contribution >= 0.6 is 11.3 Å². The lowest BCUT2D eigenvalue weighted by molar-refractivity contribution is 0.404. The second-order valence-electron chi connectivity index (χ2n) is 3.95. The number of rotatable bonds is 1. The number of aromatic hydroxyl groups is 2. The van der Waals surface area contributed by atoms with Crippen molar-refractivity contribution >= 4 is 11.3 Å². The quantitative estimate of drug-likeness (QED) is 0.745. The van der Waals surface area contributed by atoms with E-state index in [0.717, 1.165) is 23.4 Å². The summed E-state index contributed by atoms with van der Waals surface area (Å²) in [5.74, 6) is -0.180. The molecule has 0 amide bonds. The molecule has 1 aromatic heterocycles. The summed E-state index contributed by atoms with van der Waals surface area (Å²) in [6.45, 7) is 0. The molecule has 0 bridgehead atoms. The Balaban J connectivity index is 2.05. The smallest absolute Gasteiger partial charge is 0.158 e. The predicted octanol–water partition coefficient (Wildman–Crippen LogP) is 2.71. The van der Waals surface area contributed by atoms with E-state index >= 15 is 0 Å². The summed E-state index contributed by atoms with van der Waals surface area (Å²) in [5.41, 5.74) is 2.07. The summed E-state index contributed by atoms with van der Waals surface area (Å²) >= 11 is 1.69. The molecular formula is C12H11NO2S. The summed E-state index contributed by atoms with van der Waals surface area (Å²) < 4.78 is 0. The maximum absolute atomic E-state index is 9.44. The minimum absolute atomic E-state index is 0.0899. The second-order valence-corrected chi connectivity index (χ2v) is 5.03. The number of hydrogen-bond acceptors (Lipinski definition) is 4. The molecule has 3 nitrogen and oxygen atoms in total. The fourth-order valence-corrected chi connectivity index (χ4v) is 3.12. The lowest BCUT2D eigenvalue weighted by Crippen LogP contribution is -1.80. The van der Waals surface area contributed by atoms with Crippen LogP contribution in [0, 0.1) is 0 Å². The molecule has 0 fully saturated rings. The van der Waals surface area contributed by atoms with E-state index in [1.165, 1.54) is 23.1 Å². The number of phenolic OH excluding ortho intramolecular Hbond substituents is 2. The highest BCUT2D eigenvalue weighted by Crippen LogP contribution is 2.36. The van der Waals surface area contributed by atoms with E-state index in [0.29, 0.717) is 0 Å². The van der Waals surface area contributed by atoms with E-state index in [1.807, 2.05) is 0 Å². The van der Waals surface area contributed by atoms with Crippen molar-refractivity contribution in [1.82, 2.24) is 4.98 Å². The second kappa shape index (κ2) is 3.49. The predicted molar refractivity (Wildman–Crippen MR) is 62.9 cm³/mol. The molecule has 3 rings (SSSR count). The van der Waals surface area contributed by atoms with Crippen molar-refractivity contribution in [3.63, 3.8) is 0 Å². The zero-order valence-corrected chi connectivity index (χ0v) is 9.42. The molecule has 16 heavy (non-hydrogen) atoms. The molecule has 2 N–H and O–H groups in total. The molecule has 1 aliphatic rings. The molecule has 4 heteroatoms. The van der Waals surface area contributed by atoms with Crippen molar-refractivity contribution in [3.05, 3.63) is 28.8 Å². The number of benzene rings is 1. The largest absolute Gasteiger partial charge is 0.504 e. The van der Waals surface area contributed by atoms with Crippen LogP contribution in [0.2, 0.25) is 0 Å². The van der Waals surface area contributed by atoms with Gasteiger partial charge in [0.15, 0.2) is 11.5 Å². The molecule has 0 unspecified atom stereocenters. The van der Waals surface area contributed by atoms with Gasteiger partial charge in [-0.1, -0.05) is 0 Å². The van der Waals surface area contributed by atoms with Gasteiger partial charge in [0.1, 0.15) is 5.01 Å². The summed E-state index contributed by atoms with van der Waals surface area (Å²) in [6.07, 6.45) is 3.39. The molecule has 0 spiro atoms. The van der Waals surface area contributed by atoms with E-state index in [4.69, 9.17) is 0 Å². The van der Waals surface area contributed by atoms with Crippen LogP contribution in [0.25, 0.3) is 10.6 Å². The molecule has 1 aromatic carbocycles. The number of fused-ring (bicyclic) bond motifs is 1. The maximum Gasteiger partial charge on any atom is 0.158 e. The van der Waals surface area contributed by atoms with Crippen molar-refractivity contribution in [2.24, 2.45) is 0 Å². The lowest BCUT2D eigenvalue weighted by atomic mass is 10.2. The van der Waals surface area contributed by atoms with E-state index in [2.05, 4.69) is 4.98 Å². The molecule has 0 saturated carbocycles. The Morgan fingerprint density at radius 3 is 2.75 bits per heavy atom. The minimum atomic E-state index is -0.0900. The first kappa shape index (κ1) is 9.66. The van der Waals surface area contributed by atoms with Crippen molar-refractivity contribution in [2.45, 2.75) is 19.3 Å². The third kappa shape index (κ3) is 1.46. The third-order valence-electron chi connectivity index (χ3n) is 2.82. The highest BCUT2D eigenvalue weighted by Gasteiger charge is 2.17. The third-order valence-corrected chi connectivity index (χ3v) is 4.02. The Labute approximate surface area is 97.0 Å². The number of aryl methyl sites for hydroxylation is 2. The normalized spacial score (nSPS) is 14.0. The van der Waals surface area contributed by atoms with Crippen LogP contribution in [0.1, 0.15) is 17.0 Å². The Morgan fingerprint density at radius 2 is 2.00 bits per heavy atom. The van der Waals surface area contributed by atoms with E-state index in [1.54, 1.807) is 23.5 Å². The number of thiazole rings is 1. The average Bonchev–Trinajstić information content (AvgIpc) is 2.81. The van der Waals surface area contributed by atoms with Crippen molar-refractivity contribution in [1.29, 1.82) is 0 Å². The fraction of sp³-hybridized carbons (Fsp3) is 0.250. The van der Waals surface area contributed by atoms with Gasteiger partial charge in [0.05, 0.1) is 5.69 Å². The number of nitrogens with zero attached hydrogens (tertiary/aromatic N) is 1. The van der Waals surface area contributed by atoms with Crippen LogP contribution in [0.5, 0.6) is 11.5 Å². The van der Waals surface area contributed by atoms with E-state index < -0.39 is 0 Å². The van der Waals surface area contributed by atoms with E-state index in [-0.39, 0.29) is 11.5 Å². The Morgan fingerprint density at radius 1 is 1.12 bits per heavy atom. The van der Waals surface area contributed by atoms with Gasteiger partial charge in [0.2, 0.25) is 0 Å². The van der Waals surface area contributed by atoms with Crippen molar-refractivity contribution in [3.8, 4) is 22.1 Å². The first-order chi connectivity index (χ1) is 7.74. The maximum atomic E-state index is 9.44. The van der Waals surface area contributed by atoms with Gasteiger partial charge in [-0.25, -0.2) is 4.98 Å². The molecule has 1 aliphatic carbocycles. The SMILES string of the molecule is Oc1ccc(-c2nc3c(s2)CCC3)cc1O. The zero-order chi connectivity index (χ0) is 11.1. The Bertz CT molecular complexity index is 526. The van der Waals surface area contributed by atoms with Gasteiger partial charge in [-0.3, -0.25) is 0 Å². The van der Waals surface area contributed by atoms with Gasteiger partial charge in [-0.2, -0.15) is 0 Å². The van der Waals surface area contributed by atoms with Gasteiger partial charge in [-0.15, -0.1) is 11.3 Å². The molecule has 2 aromatic rings. The van der Waals surface area contributed by atoms with Gasteiger partial charge < -0.3 is 10.2 Å². The van der Waals surface area contributed by atoms with Crippen LogP contribution in [-0.2, 0) is 12.8 Å². The molecular weight excluding hydrogens is 222 g/mol. The molecule has 0 saturated heterocycles.